The maximum Gasteiger partial charge on any atom is 0.293 e. The van der Waals surface area contributed by atoms with E-state index in [4.69, 9.17) is 4.74 Å². The first-order valence-corrected chi connectivity index (χ1v) is 5.85. The van der Waals surface area contributed by atoms with E-state index in [1.165, 1.54) is 16.2 Å². The lowest BCUT2D eigenvalue weighted by molar-refractivity contribution is -0.129. The summed E-state index contributed by atoms with van der Waals surface area (Å²) in [5.74, 6) is 0. The number of benzene rings is 3. The van der Waals surface area contributed by atoms with Crippen LogP contribution in [0.1, 0.15) is 5.56 Å². The second-order valence-corrected chi connectivity index (χ2v) is 4.21. The third-order valence-corrected chi connectivity index (χ3v) is 3.18. The van der Waals surface area contributed by atoms with Gasteiger partial charge in [0.15, 0.2) is 0 Å². The highest BCUT2D eigenvalue weighted by Gasteiger charge is 2.04. The first-order chi connectivity index (χ1) is 8.90. The van der Waals surface area contributed by atoms with Crippen molar-refractivity contribution in [2.24, 2.45) is 0 Å². The smallest absolute Gasteiger partial charge is 0.293 e. The Morgan fingerprint density at radius 1 is 0.833 bits per heavy atom. The van der Waals surface area contributed by atoms with E-state index in [9.17, 15) is 4.79 Å². The third kappa shape index (κ3) is 1.72. The average molecular weight is 236 g/mol. The van der Waals surface area contributed by atoms with Gasteiger partial charge in [0, 0.05) is 0 Å². The fourth-order valence-electron chi connectivity index (χ4n) is 2.36. The summed E-state index contributed by atoms with van der Waals surface area (Å²) in [4.78, 5) is 10.3. The molecule has 2 heteroatoms. The maximum atomic E-state index is 10.3. The zero-order valence-corrected chi connectivity index (χ0v) is 9.80. The standard InChI is InChI=1S/C16H12O2/c17-11-18-10-13-5-3-7-16-14-6-2-1-4-12(14)8-9-15(13)16/h1-9,11H,10H2. The van der Waals surface area contributed by atoms with E-state index in [0.717, 1.165) is 10.9 Å². The van der Waals surface area contributed by atoms with Crippen molar-refractivity contribution in [1.82, 2.24) is 0 Å². The van der Waals surface area contributed by atoms with Crippen molar-refractivity contribution in [2.75, 3.05) is 0 Å². The van der Waals surface area contributed by atoms with Gasteiger partial charge >= 0.3 is 0 Å². The van der Waals surface area contributed by atoms with Crippen molar-refractivity contribution in [3.63, 3.8) is 0 Å². The fraction of sp³-hybridized carbons (Fsp3) is 0.0625. The van der Waals surface area contributed by atoms with E-state index in [0.29, 0.717) is 13.1 Å². The minimum Gasteiger partial charge on any atom is -0.463 e. The summed E-state index contributed by atoms with van der Waals surface area (Å²) in [5, 5.41) is 4.78. The summed E-state index contributed by atoms with van der Waals surface area (Å²) in [7, 11) is 0. The van der Waals surface area contributed by atoms with Crippen molar-refractivity contribution < 1.29 is 9.53 Å². The van der Waals surface area contributed by atoms with Gasteiger partial charge in [-0.2, -0.15) is 0 Å². The van der Waals surface area contributed by atoms with Crippen molar-refractivity contribution in [3.05, 3.63) is 60.2 Å². The highest BCUT2D eigenvalue weighted by molar-refractivity contribution is 6.08. The highest BCUT2D eigenvalue weighted by Crippen LogP contribution is 2.27. The van der Waals surface area contributed by atoms with Crippen LogP contribution in [0, 0.1) is 0 Å². The van der Waals surface area contributed by atoms with Gasteiger partial charge in [-0.05, 0) is 27.1 Å². The molecule has 0 atom stereocenters. The number of hydrogen-bond acceptors (Lipinski definition) is 2. The van der Waals surface area contributed by atoms with Gasteiger partial charge in [-0.15, -0.1) is 0 Å². The van der Waals surface area contributed by atoms with Gasteiger partial charge < -0.3 is 4.74 Å². The van der Waals surface area contributed by atoms with E-state index >= 15 is 0 Å². The molecule has 0 aliphatic heterocycles. The van der Waals surface area contributed by atoms with Crippen molar-refractivity contribution in [1.29, 1.82) is 0 Å². The van der Waals surface area contributed by atoms with Gasteiger partial charge in [-0.3, -0.25) is 4.79 Å². The van der Waals surface area contributed by atoms with Crippen LogP contribution in [-0.2, 0) is 16.1 Å². The van der Waals surface area contributed by atoms with Crippen LogP contribution >= 0.6 is 0 Å². The molecule has 0 aliphatic carbocycles. The molecular formula is C16H12O2. The van der Waals surface area contributed by atoms with E-state index in [1.807, 2.05) is 24.3 Å². The molecule has 3 aromatic carbocycles. The van der Waals surface area contributed by atoms with Crippen LogP contribution in [0.15, 0.2) is 54.6 Å². The molecule has 0 saturated heterocycles. The molecule has 0 aromatic heterocycles. The Bertz CT molecular complexity index is 716. The molecule has 0 amide bonds. The number of rotatable bonds is 3. The monoisotopic (exact) mass is 236 g/mol. The van der Waals surface area contributed by atoms with Gasteiger partial charge in [0.25, 0.3) is 6.47 Å². The average Bonchev–Trinajstić information content (AvgIpc) is 2.44. The number of fused-ring (bicyclic) bond motifs is 3. The number of hydrogen-bond donors (Lipinski definition) is 0. The summed E-state index contributed by atoms with van der Waals surface area (Å²) >= 11 is 0. The second kappa shape index (κ2) is 4.49. The second-order valence-electron chi connectivity index (χ2n) is 4.21. The van der Waals surface area contributed by atoms with Gasteiger partial charge in [-0.25, -0.2) is 0 Å². The molecule has 3 aromatic rings. The molecule has 18 heavy (non-hydrogen) atoms. The topological polar surface area (TPSA) is 26.3 Å². The van der Waals surface area contributed by atoms with Gasteiger partial charge in [-0.1, -0.05) is 54.6 Å². The first kappa shape index (κ1) is 10.8. The summed E-state index contributed by atoms with van der Waals surface area (Å²) in [6, 6.07) is 18.6. The first-order valence-electron chi connectivity index (χ1n) is 5.85. The Labute approximate surface area is 105 Å². The Morgan fingerprint density at radius 2 is 1.67 bits per heavy atom. The molecular weight excluding hydrogens is 224 g/mol. The molecule has 0 heterocycles. The van der Waals surface area contributed by atoms with Crippen LogP contribution in [0.25, 0.3) is 21.5 Å². The largest absolute Gasteiger partial charge is 0.463 e. The zero-order chi connectivity index (χ0) is 12.4. The summed E-state index contributed by atoms with van der Waals surface area (Å²) in [6.45, 7) is 0.805. The van der Waals surface area contributed by atoms with Gasteiger partial charge in [0.2, 0.25) is 0 Å². The van der Waals surface area contributed by atoms with Crippen molar-refractivity contribution in [3.8, 4) is 0 Å². The molecule has 88 valence electrons. The molecule has 0 radical (unpaired) electrons. The molecule has 0 N–H and O–H groups in total. The van der Waals surface area contributed by atoms with E-state index in [2.05, 4.69) is 30.3 Å². The number of carbonyl (C=O) groups is 1. The van der Waals surface area contributed by atoms with Crippen LogP contribution < -0.4 is 0 Å². The molecule has 0 aliphatic rings. The summed E-state index contributed by atoms with van der Waals surface area (Å²) in [5.41, 5.74) is 1.03. The highest BCUT2D eigenvalue weighted by atomic mass is 16.5. The molecule has 0 bridgehead atoms. The minimum atomic E-state index is 0.319. The Kier molecular flexibility index (Phi) is 2.69. The maximum absolute atomic E-state index is 10.3. The van der Waals surface area contributed by atoms with Crippen molar-refractivity contribution in [2.45, 2.75) is 6.61 Å². The van der Waals surface area contributed by atoms with Crippen LogP contribution in [-0.4, -0.2) is 6.47 Å². The number of ether oxygens (including phenoxy) is 1. The predicted octanol–water partition coefficient (Wildman–Crippen LogP) is 3.67. The fourth-order valence-corrected chi connectivity index (χ4v) is 2.36. The van der Waals surface area contributed by atoms with Crippen LogP contribution in [0.3, 0.4) is 0 Å². The molecule has 2 nitrogen and oxygen atoms in total. The third-order valence-electron chi connectivity index (χ3n) is 3.18. The lowest BCUT2D eigenvalue weighted by atomic mass is 9.99. The molecule has 3 rings (SSSR count). The lowest BCUT2D eigenvalue weighted by Crippen LogP contribution is -1.91. The summed E-state index contributed by atoms with van der Waals surface area (Å²) in [6.07, 6.45) is 0. The normalized spacial score (nSPS) is 10.7. The number of carbonyl (C=O) groups excluding carboxylic acids is 1. The Balaban J connectivity index is 2.29. The molecule has 0 fully saturated rings. The van der Waals surface area contributed by atoms with E-state index < -0.39 is 0 Å². The molecule has 0 saturated carbocycles. The summed E-state index contributed by atoms with van der Waals surface area (Å²) < 4.78 is 4.86. The minimum absolute atomic E-state index is 0.319. The predicted molar refractivity (Wildman–Crippen MR) is 72.3 cm³/mol. The molecule has 0 spiro atoms. The quantitative estimate of drug-likeness (QED) is 0.512. The molecule has 0 unspecified atom stereocenters. The van der Waals surface area contributed by atoms with Gasteiger partial charge in [0.1, 0.15) is 6.61 Å². The van der Waals surface area contributed by atoms with Crippen LogP contribution in [0.2, 0.25) is 0 Å². The lowest BCUT2D eigenvalue weighted by Gasteiger charge is -2.08. The SMILES string of the molecule is O=COCc1cccc2c1ccc1ccccc12. The Morgan fingerprint density at radius 3 is 2.56 bits per heavy atom. The van der Waals surface area contributed by atoms with E-state index in [1.54, 1.807) is 0 Å². The van der Waals surface area contributed by atoms with Gasteiger partial charge in [0.05, 0.1) is 0 Å². The van der Waals surface area contributed by atoms with Crippen LogP contribution in [0.4, 0.5) is 0 Å². The van der Waals surface area contributed by atoms with Crippen molar-refractivity contribution >= 4 is 28.0 Å². The van der Waals surface area contributed by atoms with E-state index in [-0.39, 0.29) is 0 Å². The van der Waals surface area contributed by atoms with Crippen LogP contribution in [0.5, 0.6) is 0 Å². The zero-order valence-electron chi connectivity index (χ0n) is 9.80. The Hall–Kier alpha value is -2.35.